The van der Waals surface area contributed by atoms with E-state index in [0.717, 1.165) is 96.8 Å². The first kappa shape index (κ1) is 39.6. The van der Waals surface area contributed by atoms with Crippen molar-refractivity contribution >= 4 is 17.6 Å². The minimum absolute atomic E-state index is 0.164. The molecule has 4 heterocycles. The number of ether oxygens (including phenoxy) is 4. The third-order valence-electron chi connectivity index (χ3n) is 11.7. The highest BCUT2D eigenvalue weighted by atomic mass is 35.5. The lowest BCUT2D eigenvalue weighted by Crippen LogP contribution is -2.44. The van der Waals surface area contributed by atoms with Crippen LogP contribution in [0.2, 0.25) is 5.02 Å². The number of aliphatic carboxylic acids is 1. The van der Waals surface area contributed by atoms with Crippen LogP contribution in [0.5, 0.6) is 17.2 Å². The topological polar surface area (TPSA) is 117 Å². The summed E-state index contributed by atoms with van der Waals surface area (Å²) in [4.78, 5) is 20.8. The number of carbonyl (C=O) groups is 1. The lowest BCUT2D eigenvalue weighted by atomic mass is 9.87. The Balaban J connectivity index is 1.04. The largest absolute Gasteiger partial charge is 0.493 e. The number of carboxylic acids is 1. The molecule has 1 unspecified atom stereocenters. The van der Waals surface area contributed by atoms with E-state index in [1.807, 2.05) is 17.0 Å². The van der Waals surface area contributed by atoms with Crippen molar-refractivity contribution in [1.82, 2.24) is 14.8 Å². The number of benzene rings is 3. The molecule has 3 aromatic carbocycles. The maximum atomic E-state index is 12.1. The summed E-state index contributed by atoms with van der Waals surface area (Å²) in [5.41, 5.74) is 7.78. The van der Waals surface area contributed by atoms with Gasteiger partial charge in [0.1, 0.15) is 42.6 Å². The van der Waals surface area contributed by atoms with Crippen LogP contribution in [0.1, 0.15) is 71.9 Å². The van der Waals surface area contributed by atoms with Gasteiger partial charge in [0, 0.05) is 61.2 Å². The van der Waals surface area contributed by atoms with Crippen molar-refractivity contribution in [2.75, 3.05) is 46.0 Å². The number of nitrogens with zero attached hydrogens (tertiary/aromatic N) is 4. The molecule has 0 radical (unpaired) electrons. The fourth-order valence-corrected chi connectivity index (χ4v) is 8.66. The first-order valence-corrected chi connectivity index (χ1v) is 20.1. The van der Waals surface area contributed by atoms with Gasteiger partial charge in [0.15, 0.2) is 0 Å². The summed E-state index contributed by atoms with van der Waals surface area (Å²) in [7, 11) is 0. The summed E-state index contributed by atoms with van der Waals surface area (Å²) >= 11 is 6.88. The summed E-state index contributed by atoms with van der Waals surface area (Å²) in [6.07, 6.45) is 8.97. The molecule has 4 aromatic rings. The molecule has 3 saturated heterocycles. The van der Waals surface area contributed by atoms with Gasteiger partial charge < -0.3 is 29.0 Å². The minimum atomic E-state index is -0.828. The molecule has 7 rings (SSSR count). The molecule has 0 aliphatic carbocycles. The van der Waals surface area contributed by atoms with Gasteiger partial charge in [-0.25, -0.2) is 0 Å². The number of halogens is 1. The molecular weight excluding hydrogens is 728 g/mol. The van der Waals surface area contributed by atoms with Crippen LogP contribution >= 0.6 is 11.6 Å². The average molecular weight is 779 g/mol. The Morgan fingerprint density at radius 2 is 1.79 bits per heavy atom. The van der Waals surface area contributed by atoms with Crippen LogP contribution in [0.25, 0.3) is 11.1 Å². The van der Waals surface area contributed by atoms with E-state index in [1.54, 1.807) is 18.3 Å². The Bertz CT molecular complexity index is 2060. The van der Waals surface area contributed by atoms with Gasteiger partial charge >= 0.3 is 5.97 Å². The summed E-state index contributed by atoms with van der Waals surface area (Å²) in [5.74, 6) is 1.07. The zero-order valence-electron chi connectivity index (χ0n) is 32.4. The number of aromatic nitrogens is 1. The van der Waals surface area contributed by atoms with Crippen LogP contribution in [-0.2, 0) is 29.3 Å². The van der Waals surface area contributed by atoms with Crippen LogP contribution in [0.4, 0.5) is 0 Å². The SMILES string of the molecule is Cc1c(COc2cc(OCc3cncc(C#N)c3)c(CN3CCCC[C@H]3C(=O)O)cc2Cl)cccc1-c1cccc(OCCCN2CCC3(CCOC3)C2)c1C. The maximum Gasteiger partial charge on any atom is 0.320 e. The highest BCUT2D eigenvalue weighted by Crippen LogP contribution is 2.39. The highest BCUT2D eigenvalue weighted by Gasteiger charge is 2.40. The molecule has 1 aromatic heterocycles. The number of likely N-dealkylation sites (tertiary alicyclic amines) is 2. The monoisotopic (exact) mass is 778 g/mol. The molecule has 1 spiro atoms. The van der Waals surface area contributed by atoms with Gasteiger partial charge in [-0.3, -0.25) is 14.7 Å². The molecule has 10 nitrogen and oxygen atoms in total. The first-order chi connectivity index (χ1) is 27.2. The van der Waals surface area contributed by atoms with E-state index in [0.29, 0.717) is 53.6 Å². The zero-order valence-corrected chi connectivity index (χ0v) is 33.2. The summed E-state index contributed by atoms with van der Waals surface area (Å²) in [6, 6.07) is 19.4. The van der Waals surface area contributed by atoms with Crippen molar-refractivity contribution in [3.63, 3.8) is 0 Å². The number of rotatable bonds is 15. The number of hydrogen-bond donors (Lipinski definition) is 1. The third kappa shape index (κ3) is 9.30. The predicted octanol–water partition coefficient (Wildman–Crippen LogP) is 8.37. The van der Waals surface area contributed by atoms with Crippen molar-refractivity contribution in [1.29, 1.82) is 5.26 Å². The summed E-state index contributed by atoms with van der Waals surface area (Å²) in [5, 5.41) is 19.7. The van der Waals surface area contributed by atoms with Crippen molar-refractivity contribution in [3.8, 4) is 34.4 Å². The second-order valence-electron chi connectivity index (χ2n) is 15.5. The molecule has 0 saturated carbocycles. The van der Waals surface area contributed by atoms with E-state index in [2.05, 4.69) is 60.1 Å². The number of carboxylic acid groups (broad SMARTS) is 1. The van der Waals surface area contributed by atoms with Gasteiger partial charge in [0.05, 0.1) is 23.8 Å². The van der Waals surface area contributed by atoms with E-state index in [1.165, 1.54) is 19.0 Å². The second-order valence-corrected chi connectivity index (χ2v) is 15.9. The Kier molecular flexibility index (Phi) is 12.8. The molecule has 3 fully saturated rings. The number of nitriles is 1. The van der Waals surface area contributed by atoms with Crippen LogP contribution < -0.4 is 14.2 Å². The summed E-state index contributed by atoms with van der Waals surface area (Å²) < 4.78 is 24.8. The van der Waals surface area contributed by atoms with E-state index < -0.39 is 12.0 Å². The maximum absolute atomic E-state index is 12.1. The number of piperidine rings is 1. The van der Waals surface area contributed by atoms with Gasteiger partial charge in [-0.2, -0.15) is 5.26 Å². The smallest absolute Gasteiger partial charge is 0.320 e. The van der Waals surface area contributed by atoms with Crippen LogP contribution in [0, 0.1) is 30.6 Å². The molecule has 294 valence electrons. The van der Waals surface area contributed by atoms with Crippen molar-refractivity contribution < 1.29 is 28.8 Å². The number of pyridine rings is 1. The van der Waals surface area contributed by atoms with Gasteiger partial charge in [-0.15, -0.1) is 0 Å². The normalized spacial score (nSPS) is 19.9. The molecule has 0 amide bonds. The first-order valence-electron chi connectivity index (χ1n) is 19.7. The Morgan fingerprint density at radius 3 is 2.59 bits per heavy atom. The quantitative estimate of drug-likeness (QED) is 0.118. The van der Waals surface area contributed by atoms with Crippen LogP contribution in [0.15, 0.2) is 67.0 Å². The lowest BCUT2D eigenvalue weighted by molar-refractivity contribution is -0.144. The van der Waals surface area contributed by atoms with Crippen molar-refractivity contribution in [3.05, 3.63) is 105 Å². The third-order valence-corrected chi connectivity index (χ3v) is 12.0. The van der Waals surface area contributed by atoms with Gasteiger partial charge in [-0.05, 0) is 105 Å². The van der Waals surface area contributed by atoms with E-state index >= 15 is 0 Å². The predicted molar refractivity (Wildman–Crippen MR) is 215 cm³/mol. The van der Waals surface area contributed by atoms with Gasteiger partial charge in [0.25, 0.3) is 0 Å². The van der Waals surface area contributed by atoms with E-state index in [-0.39, 0.29) is 13.2 Å². The molecule has 1 N–H and O–H groups in total. The van der Waals surface area contributed by atoms with E-state index in [4.69, 9.17) is 30.5 Å². The molecule has 11 heteroatoms. The standard InChI is InChI=1S/C45H51ClN4O6/c1-31-35(8-5-9-37(31)38-10-6-12-41(32(38)2)54-18-7-15-49-17-13-45(29-49)14-19-53-30-45)28-56-43-22-42(55-27-34-20-33(23-47)24-48-25-34)36(21-39(43)46)26-50-16-4-3-11-40(50)44(51)52/h5-6,8-10,12,20-22,24-25,40H,3-4,7,11,13-19,26-30H2,1-2H3,(H,51,52)/t40-,45?/m0/s1. The van der Waals surface area contributed by atoms with E-state index in [9.17, 15) is 15.2 Å². The van der Waals surface area contributed by atoms with Gasteiger partial charge in [0.2, 0.25) is 0 Å². The molecule has 56 heavy (non-hydrogen) atoms. The van der Waals surface area contributed by atoms with Gasteiger partial charge in [-0.1, -0.05) is 48.4 Å². The van der Waals surface area contributed by atoms with Crippen molar-refractivity contribution in [2.45, 2.75) is 78.2 Å². The average Bonchev–Trinajstić information content (AvgIpc) is 3.85. The second kappa shape index (κ2) is 18.1. The van der Waals surface area contributed by atoms with Crippen LogP contribution in [0.3, 0.4) is 0 Å². The number of hydrogen-bond acceptors (Lipinski definition) is 9. The molecule has 3 aliphatic heterocycles. The Labute approximate surface area is 334 Å². The van der Waals surface area contributed by atoms with Crippen molar-refractivity contribution in [2.24, 2.45) is 5.41 Å². The Hall–Kier alpha value is -4.66. The molecular formula is C45H51ClN4O6. The molecule has 3 aliphatic rings. The zero-order chi connectivity index (χ0) is 39.1. The minimum Gasteiger partial charge on any atom is -0.493 e. The molecule has 0 bridgehead atoms. The highest BCUT2D eigenvalue weighted by molar-refractivity contribution is 6.32. The molecule has 2 atom stereocenters. The Morgan fingerprint density at radius 1 is 0.964 bits per heavy atom. The fraction of sp³-hybridized carbons (Fsp3) is 0.444. The van der Waals surface area contributed by atoms with Crippen LogP contribution in [-0.4, -0.2) is 77.9 Å². The fourth-order valence-electron chi connectivity index (χ4n) is 8.42. The summed E-state index contributed by atoms with van der Waals surface area (Å²) in [6.45, 7) is 11.5. The lowest BCUT2D eigenvalue weighted by Gasteiger charge is -2.33.